The van der Waals surface area contributed by atoms with E-state index in [-0.39, 0.29) is 30.7 Å². The third-order valence-corrected chi connectivity index (χ3v) is 4.65. The quantitative estimate of drug-likeness (QED) is 0.685. The molecule has 1 saturated heterocycles. The van der Waals surface area contributed by atoms with Gasteiger partial charge in [0.1, 0.15) is 5.82 Å². The lowest BCUT2D eigenvalue weighted by atomic mass is 10.1. The minimum atomic E-state index is -4.57. The molecular weight excluding hydrogens is 388 g/mol. The molecule has 3 rings (SSSR count). The van der Waals surface area contributed by atoms with Crippen molar-refractivity contribution in [3.63, 3.8) is 0 Å². The second-order valence-electron chi connectivity index (χ2n) is 7.03. The maximum Gasteiger partial charge on any atom is 0.418 e. The van der Waals surface area contributed by atoms with Crippen molar-refractivity contribution in [1.82, 2.24) is 4.90 Å². The lowest BCUT2D eigenvalue weighted by Gasteiger charge is -2.25. The summed E-state index contributed by atoms with van der Waals surface area (Å²) in [5.74, 6) is -0.959. The number of anilines is 1. The summed E-state index contributed by atoms with van der Waals surface area (Å²) in [6, 6.07) is 10.9. The van der Waals surface area contributed by atoms with E-state index >= 15 is 0 Å². The van der Waals surface area contributed by atoms with E-state index in [4.69, 9.17) is 4.74 Å². The second-order valence-corrected chi connectivity index (χ2v) is 7.03. The highest BCUT2D eigenvalue weighted by Gasteiger charge is 2.33. The Bertz CT molecular complexity index is 835. The predicted octanol–water partition coefficient (Wildman–Crippen LogP) is 4.46. The monoisotopic (exact) mass is 410 g/mol. The summed E-state index contributed by atoms with van der Waals surface area (Å²) in [6.07, 6.45) is -2.86. The van der Waals surface area contributed by atoms with Crippen LogP contribution in [0.1, 0.15) is 24.0 Å². The van der Waals surface area contributed by atoms with Gasteiger partial charge in [-0.15, -0.1) is 0 Å². The first-order chi connectivity index (χ1) is 13.8. The smallest absolute Gasteiger partial charge is 0.377 e. The molecule has 0 radical (unpaired) electrons. The van der Waals surface area contributed by atoms with Crippen molar-refractivity contribution in [2.45, 2.75) is 31.7 Å². The van der Waals surface area contributed by atoms with Crippen LogP contribution in [0.3, 0.4) is 0 Å². The Kier molecular flexibility index (Phi) is 6.87. The zero-order chi connectivity index (χ0) is 20.9. The predicted molar refractivity (Wildman–Crippen MR) is 101 cm³/mol. The highest BCUT2D eigenvalue weighted by molar-refractivity contribution is 5.93. The normalized spacial score (nSPS) is 16.9. The van der Waals surface area contributed by atoms with E-state index in [2.05, 4.69) is 5.32 Å². The number of halogens is 4. The van der Waals surface area contributed by atoms with Crippen LogP contribution in [0.5, 0.6) is 0 Å². The Labute approximate surface area is 166 Å². The molecule has 1 heterocycles. The van der Waals surface area contributed by atoms with Gasteiger partial charge in [-0.3, -0.25) is 9.69 Å². The van der Waals surface area contributed by atoms with Gasteiger partial charge in [-0.1, -0.05) is 24.3 Å². The summed E-state index contributed by atoms with van der Waals surface area (Å²) in [5, 5.41) is 2.35. The molecule has 4 nitrogen and oxygen atoms in total. The number of hydrogen-bond donors (Lipinski definition) is 1. The molecule has 1 fully saturated rings. The zero-order valence-electron chi connectivity index (χ0n) is 15.7. The van der Waals surface area contributed by atoms with E-state index in [1.165, 1.54) is 30.3 Å². The number of amides is 1. The number of nitrogens with one attached hydrogen (secondary N) is 1. The molecule has 1 aliphatic rings. The van der Waals surface area contributed by atoms with Crippen molar-refractivity contribution in [1.29, 1.82) is 0 Å². The van der Waals surface area contributed by atoms with E-state index in [0.29, 0.717) is 18.7 Å². The fourth-order valence-corrected chi connectivity index (χ4v) is 3.39. The standard InChI is InChI=1S/C21H22F4N2O2/c22-16-6-3-5-15(11-16)12-27(13-17-7-4-10-29-17)14-20(28)26-19-9-2-1-8-18(19)21(23,24)25/h1-3,5-6,8-9,11,17H,4,7,10,12-14H2,(H,26,28). The maximum absolute atomic E-state index is 13.5. The highest BCUT2D eigenvalue weighted by atomic mass is 19.4. The summed E-state index contributed by atoms with van der Waals surface area (Å²) in [4.78, 5) is 14.3. The number of benzene rings is 2. The van der Waals surface area contributed by atoms with Gasteiger partial charge in [-0.25, -0.2) is 4.39 Å². The number of alkyl halides is 3. The van der Waals surface area contributed by atoms with E-state index in [1.54, 1.807) is 17.0 Å². The first-order valence-electron chi connectivity index (χ1n) is 9.36. The largest absolute Gasteiger partial charge is 0.418 e. The van der Waals surface area contributed by atoms with Crippen LogP contribution < -0.4 is 5.32 Å². The van der Waals surface area contributed by atoms with Crippen molar-refractivity contribution in [3.05, 3.63) is 65.5 Å². The molecule has 0 aliphatic carbocycles. The first-order valence-corrected chi connectivity index (χ1v) is 9.36. The van der Waals surface area contributed by atoms with Crippen molar-refractivity contribution in [2.24, 2.45) is 0 Å². The zero-order valence-corrected chi connectivity index (χ0v) is 15.7. The SMILES string of the molecule is O=C(CN(Cc1cccc(F)c1)CC1CCCO1)Nc1ccccc1C(F)(F)F. The summed E-state index contributed by atoms with van der Waals surface area (Å²) < 4.78 is 58.5. The fourth-order valence-electron chi connectivity index (χ4n) is 3.39. The molecule has 1 atom stereocenters. The van der Waals surface area contributed by atoms with Crippen molar-refractivity contribution in [2.75, 3.05) is 25.0 Å². The number of nitrogens with zero attached hydrogens (tertiary/aromatic N) is 1. The summed E-state index contributed by atoms with van der Waals surface area (Å²) in [6.45, 7) is 1.23. The van der Waals surface area contributed by atoms with Crippen LogP contribution in [0.25, 0.3) is 0 Å². The van der Waals surface area contributed by atoms with Crippen LogP contribution in [0.4, 0.5) is 23.2 Å². The van der Waals surface area contributed by atoms with Gasteiger partial charge in [0.05, 0.1) is 23.9 Å². The molecule has 0 spiro atoms. The van der Waals surface area contributed by atoms with Crippen LogP contribution in [-0.2, 0) is 22.3 Å². The molecule has 2 aromatic carbocycles. The molecule has 1 unspecified atom stereocenters. The lowest BCUT2D eigenvalue weighted by molar-refractivity contribution is -0.137. The Morgan fingerprint density at radius 2 is 1.97 bits per heavy atom. The van der Waals surface area contributed by atoms with E-state index in [0.717, 1.165) is 18.9 Å². The molecule has 0 bridgehead atoms. The minimum Gasteiger partial charge on any atom is -0.377 e. The van der Waals surface area contributed by atoms with Crippen molar-refractivity contribution < 1.29 is 27.1 Å². The Hall–Kier alpha value is -2.45. The average molecular weight is 410 g/mol. The molecule has 1 N–H and O–H groups in total. The van der Waals surface area contributed by atoms with Gasteiger partial charge in [-0.05, 0) is 42.7 Å². The molecule has 1 amide bonds. The van der Waals surface area contributed by atoms with Crippen LogP contribution >= 0.6 is 0 Å². The topological polar surface area (TPSA) is 41.6 Å². The molecular formula is C21H22F4N2O2. The fraction of sp³-hybridized carbons (Fsp3) is 0.381. The molecule has 8 heteroatoms. The number of carbonyl (C=O) groups is 1. The maximum atomic E-state index is 13.5. The van der Waals surface area contributed by atoms with Gasteiger partial charge in [0.25, 0.3) is 0 Å². The lowest BCUT2D eigenvalue weighted by Crippen LogP contribution is -2.38. The minimum absolute atomic E-state index is 0.0566. The van der Waals surface area contributed by atoms with Gasteiger partial charge >= 0.3 is 6.18 Å². The highest BCUT2D eigenvalue weighted by Crippen LogP contribution is 2.34. The van der Waals surface area contributed by atoms with Gasteiger partial charge < -0.3 is 10.1 Å². The molecule has 0 saturated carbocycles. The number of carbonyl (C=O) groups excluding carboxylic acids is 1. The van der Waals surface area contributed by atoms with Crippen LogP contribution in [0.2, 0.25) is 0 Å². The van der Waals surface area contributed by atoms with E-state index in [1.807, 2.05) is 0 Å². The number of para-hydroxylation sites is 1. The summed E-state index contributed by atoms with van der Waals surface area (Å²) in [7, 11) is 0. The first kappa shape index (κ1) is 21.3. The van der Waals surface area contributed by atoms with Crippen LogP contribution in [-0.4, -0.2) is 36.6 Å². The third kappa shape index (κ3) is 6.27. The second kappa shape index (κ2) is 9.37. The number of ether oxygens (including phenoxy) is 1. The Morgan fingerprint density at radius 1 is 1.17 bits per heavy atom. The van der Waals surface area contributed by atoms with Gasteiger partial charge in [-0.2, -0.15) is 13.2 Å². The van der Waals surface area contributed by atoms with Gasteiger partial charge in [0.2, 0.25) is 5.91 Å². The number of rotatable bonds is 7. The van der Waals surface area contributed by atoms with Gasteiger partial charge in [0, 0.05) is 19.7 Å². The van der Waals surface area contributed by atoms with Crippen molar-refractivity contribution in [3.8, 4) is 0 Å². The van der Waals surface area contributed by atoms with Crippen LogP contribution in [0, 0.1) is 5.82 Å². The van der Waals surface area contributed by atoms with Gasteiger partial charge in [0.15, 0.2) is 0 Å². The third-order valence-electron chi connectivity index (χ3n) is 4.65. The molecule has 29 heavy (non-hydrogen) atoms. The Balaban J connectivity index is 1.70. The van der Waals surface area contributed by atoms with Crippen molar-refractivity contribution >= 4 is 11.6 Å². The Morgan fingerprint density at radius 3 is 2.66 bits per heavy atom. The molecule has 156 valence electrons. The molecule has 0 aromatic heterocycles. The summed E-state index contributed by atoms with van der Waals surface area (Å²) in [5.41, 5.74) is -0.511. The molecule has 2 aromatic rings. The number of hydrogen-bond acceptors (Lipinski definition) is 3. The average Bonchev–Trinajstić information content (AvgIpc) is 3.14. The van der Waals surface area contributed by atoms with E-state index < -0.39 is 17.6 Å². The van der Waals surface area contributed by atoms with Crippen LogP contribution in [0.15, 0.2) is 48.5 Å². The summed E-state index contributed by atoms with van der Waals surface area (Å²) >= 11 is 0. The van der Waals surface area contributed by atoms with E-state index in [9.17, 15) is 22.4 Å². The molecule has 1 aliphatic heterocycles.